The van der Waals surface area contributed by atoms with Crippen LogP contribution >= 0.6 is 0 Å². The molecule has 6 heteroatoms. The third kappa shape index (κ3) is 3.51. The predicted octanol–water partition coefficient (Wildman–Crippen LogP) is 1.78. The van der Waals surface area contributed by atoms with Gasteiger partial charge in [-0.2, -0.15) is 0 Å². The lowest BCUT2D eigenvalue weighted by atomic mass is 10.1. The Labute approximate surface area is 130 Å². The fourth-order valence-corrected chi connectivity index (χ4v) is 2.89. The molecule has 3 rings (SSSR count). The minimum absolute atomic E-state index is 0.0236. The van der Waals surface area contributed by atoms with Gasteiger partial charge in [-0.05, 0) is 31.0 Å². The zero-order chi connectivity index (χ0) is 15.4. The molecule has 6 nitrogen and oxygen atoms in total. The Morgan fingerprint density at radius 1 is 1.45 bits per heavy atom. The summed E-state index contributed by atoms with van der Waals surface area (Å²) in [6.45, 7) is 3.95. The molecule has 22 heavy (non-hydrogen) atoms. The molecular weight excluding hydrogens is 278 g/mol. The highest BCUT2D eigenvalue weighted by molar-refractivity contribution is 5.72. The van der Waals surface area contributed by atoms with Crippen molar-refractivity contribution in [3.05, 3.63) is 47.8 Å². The van der Waals surface area contributed by atoms with E-state index in [2.05, 4.69) is 31.2 Å². The molecule has 0 spiro atoms. The summed E-state index contributed by atoms with van der Waals surface area (Å²) in [5.41, 5.74) is 2.12. The third-order valence-electron chi connectivity index (χ3n) is 4.00. The molecule has 1 saturated heterocycles. The Morgan fingerprint density at radius 2 is 2.36 bits per heavy atom. The Balaban J connectivity index is 1.65. The van der Waals surface area contributed by atoms with Crippen LogP contribution in [0.15, 0.2) is 30.7 Å². The van der Waals surface area contributed by atoms with Gasteiger partial charge in [0.1, 0.15) is 5.82 Å². The highest BCUT2D eigenvalue weighted by Crippen LogP contribution is 2.31. The summed E-state index contributed by atoms with van der Waals surface area (Å²) in [5, 5.41) is 2.79. The maximum absolute atomic E-state index is 10.9. The van der Waals surface area contributed by atoms with Crippen LogP contribution in [0.2, 0.25) is 0 Å². The molecule has 0 aromatic carbocycles. The number of hydrogen-bond donors (Lipinski definition) is 2. The van der Waals surface area contributed by atoms with E-state index in [1.165, 1.54) is 13.3 Å². The number of nitrogens with one attached hydrogen (secondary N) is 2. The Hall–Kier alpha value is -2.21. The van der Waals surface area contributed by atoms with Gasteiger partial charge in [0, 0.05) is 32.1 Å². The van der Waals surface area contributed by atoms with E-state index in [1.54, 1.807) is 6.20 Å². The number of nitrogens with zero attached hydrogens (tertiary/aromatic N) is 3. The number of likely N-dealkylation sites (tertiary alicyclic amines) is 1. The SMILES string of the molecule is CC(=O)NCc1ccc([C@@H]2CCCN2Cc2ncc[nH]2)nc1. The van der Waals surface area contributed by atoms with Gasteiger partial charge in [0.05, 0.1) is 18.3 Å². The fourth-order valence-electron chi connectivity index (χ4n) is 2.89. The normalized spacial score (nSPS) is 18.5. The summed E-state index contributed by atoms with van der Waals surface area (Å²) in [5.74, 6) is 0.971. The average Bonchev–Trinajstić information content (AvgIpc) is 3.18. The topological polar surface area (TPSA) is 73.9 Å². The first kappa shape index (κ1) is 14.7. The lowest BCUT2D eigenvalue weighted by Gasteiger charge is -2.23. The van der Waals surface area contributed by atoms with Gasteiger partial charge >= 0.3 is 0 Å². The van der Waals surface area contributed by atoms with E-state index in [9.17, 15) is 4.79 Å². The molecular formula is C16H21N5O. The first-order valence-electron chi connectivity index (χ1n) is 7.64. The van der Waals surface area contributed by atoms with Crippen LogP contribution in [-0.4, -0.2) is 32.3 Å². The van der Waals surface area contributed by atoms with Gasteiger partial charge in [-0.3, -0.25) is 14.7 Å². The first-order valence-corrected chi connectivity index (χ1v) is 7.64. The van der Waals surface area contributed by atoms with E-state index in [1.807, 2.05) is 18.5 Å². The lowest BCUT2D eigenvalue weighted by molar-refractivity contribution is -0.119. The fraction of sp³-hybridized carbons (Fsp3) is 0.438. The summed E-state index contributed by atoms with van der Waals surface area (Å²) in [7, 11) is 0. The minimum atomic E-state index is -0.0236. The van der Waals surface area contributed by atoms with Crippen molar-refractivity contribution < 1.29 is 4.79 Å². The Kier molecular flexibility index (Phi) is 4.48. The van der Waals surface area contributed by atoms with E-state index in [0.717, 1.165) is 36.6 Å². The van der Waals surface area contributed by atoms with Crippen LogP contribution in [0, 0.1) is 0 Å². The number of carbonyl (C=O) groups excluding carboxylic acids is 1. The van der Waals surface area contributed by atoms with Gasteiger partial charge in [0.15, 0.2) is 0 Å². The van der Waals surface area contributed by atoms with Gasteiger partial charge in [-0.25, -0.2) is 4.98 Å². The average molecular weight is 299 g/mol. The number of rotatable bonds is 5. The molecule has 2 aromatic rings. The molecule has 0 radical (unpaired) electrons. The summed E-state index contributed by atoms with van der Waals surface area (Å²) >= 11 is 0. The number of pyridine rings is 1. The second kappa shape index (κ2) is 6.70. The zero-order valence-electron chi connectivity index (χ0n) is 12.7. The number of hydrogen-bond acceptors (Lipinski definition) is 4. The van der Waals surface area contributed by atoms with Gasteiger partial charge in [-0.15, -0.1) is 0 Å². The largest absolute Gasteiger partial charge is 0.352 e. The van der Waals surface area contributed by atoms with Gasteiger partial charge < -0.3 is 10.3 Å². The van der Waals surface area contributed by atoms with Crippen LogP contribution in [0.1, 0.15) is 42.9 Å². The summed E-state index contributed by atoms with van der Waals surface area (Å²) in [6, 6.07) is 4.46. The van der Waals surface area contributed by atoms with E-state index in [4.69, 9.17) is 0 Å². The van der Waals surface area contributed by atoms with Crippen molar-refractivity contribution in [2.75, 3.05) is 6.54 Å². The molecule has 1 amide bonds. The molecule has 0 bridgehead atoms. The molecule has 3 heterocycles. The Bertz CT molecular complexity index is 608. The molecule has 1 aliphatic rings. The van der Waals surface area contributed by atoms with Crippen LogP contribution in [0.4, 0.5) is 0 Å². The molecule has 2 N–H and O–H groups in total. The number of amides is 1. The quantitative estimate of drug-likeness (QED) is 0.882. The van der Waals surface area contributed by atoms with Crippen molar-refractivity contribution >= 4 is 5.91 Å². The van der Waals surface area contributed by atoms with E-state index < -0.39 is 0 Å². The van der Waals surface area contributed by atoms with Crippen molar-refractivity contribution in [3.63, 3.8) is 0 Å². The van der Waals surface area contributed by atoms with E-state index >= 15 is 0 Å². The van der Waals surface area contributed by atoms with Crippen molar-refractivity contribution in [2.24, 2.45) is 0 Å². The first-order chi connectivity index (χ1) is 10.7. The second-order valence-corrected chi connectivity index (χ2v) is 5.67. The molecule has 2 aromatic heterocycles. The minimum Gasteiger partial charge on any atom is -0.352 e. The van der Waals surface area contributed by atoms with Crippen LogP contribution in [0.25, 0.3) is 0 Å². The number of imidazole rings is 1. The van der Waals surface area contributed by atoms with Crippen LogP contribution < -0.4 is 5.32 Å². The smallest absolute Gasteiger partial charge is 0.217 e. The van der Waals surface area contributed by atoms with Crippen LogP contribution in [0.5, 0.6) is 0 Å². The highest BCUT2D eigenvalue weighted by Gasteiger charge is 2.27. The molecule has 0 saturated carbocycles. The van der Waals surface area contributed by atoms with E-state index in [-0.39, 0.29) is 5.91 Å². The van der Waals surface area contributed by atoms with Gasteiger partial charge in [0.2, 0.25) is 5.91 Å². The van der Waals surface area contributed by atoms with Crippen molar-refractivity contribution in [1.29, 1.82) is 0 Å². The molecule has 116 valence electrons. The van der Waals surface area contributed by atoms with Crippen molar-refractivity contribution in [1.82, 2.24) is 25.2 Å². The zero-order valence-corrected chi connectivity index (χ0v) is 12.7. The lowest BCUT2D eigenvalue weighted by Crippen LogP contribution is -2.24. The standard InChI is InChI=1S/C16H21N5O/c1-12(22)19-9-13-4-5-14(20-10-13)15-3-2-8-21(15)11-16-17-6-7-18-16/h4-7,10,15H,2-3,8-9,11H2,1H3,(H,17,18)(H,19,22)/t15-/m0/s1. The Morgan fingerprint density at radius 3 is 3.05 bits per heavy atom. The predicted molar refractivity (Wildman–Crippen MR) is 82.7 cm³/mol. The summed E-state index contributed by atoms with van der Waals surface area (Å²) in [4.78, 5) is 25.4. The number of aromatic amines is 1. The highest BCUT2D eigenvalue weighted by atomic mass is 16.1. The third-order valence-corrected chi connectivity index (χ3v) is 4.00. The summed E-state index contributed by atoms with van der Waals surface area (Å²) in [6.07, 6.45) is 7.80. The second-order valence-electron chi connectivity index (χ2n) is 5.67. The summed E-state index contributed by atoms with van der Waals surface area (Å²) < 4.78 is 0. The molecule has 1 atom stereocenters. The molecule has 0 unspecified atom stereocenters. The number of H-pyrrole nitrogens is 1. The molecule has 1 aliphatic heterocycles. The molecule has 0 aliphatic carbocycles. The van der Waals surface area contributed by atoms with Gasteiger partial charge in [-0.1, -0.05) is 6.07 Å². The number of aromatic nitrogens is 3. The number of carbonyl (C=O) groups is 1. The molecule has 1 fully saturated rings. The maximum atomic E-state index is 10.9. The van der Waals surface area contributed by atoms with E-state index in [0.29, 0.717) is 12.6 Å². The monoisotopic (exact) mass is 299 g/mol. The van der Waals surface area contributed by atoms with Crippen molar-refractivity contribution in [2.45, 2.75) is 38.9 Å². The maximum Gasteiger partial charge on any atom is 0.217 e. The van der Waals surface area contributed by atoms with Gasteiger partial charge in [0.25, 0.3) is 0 Å². The van der Waals surface area contributed by atoms with Crippen molar-refractivity contribution in [3.8, 4) is 0 Å². The van der Waals surface area contributed by atoms with Crippen LogP contribution in [-0.2, 0) is 17.9 Å². The van der Waals surface area contributed by atoms with Crippen LogP contribution in [0.3, 0.4) is 0 Å².